The normalized spacial score (nSPS) is 23.7. The fourth-order valence-corrected chi connectivity index (χ4v) is 3.73. The van der Waals surface area contributed by atoms with Crippen molar-refractivity contribution in [2.24, 2.45) is 0 Å². The molecule has 160 valence electrons. The van der Waals surface area contributed by atoms with Gasteiger partial charge in [-0.25, -0.2) is 4.79 Å². The molecule has 2 saturated heterocycles. The first-order valence-electron chi connectivity index (χ1n) is 9.57. The van der Waals surface area contributed by atoms with Crippen LogP contribution in [0.15, 0.2) is 10.9 Å². The molecule has 3 amide bonds. The van der Waals surface area contributed by atoms with Crippen LogP contribution >= 0.6 is 0 Å². The first-order chi connectivity index (χ1) is 13.5. The Labute approximate surface area is 168 Å². The number of aliphatic hydroxyl groups excluding tert-OH is 1. The average molecular weight is 409 g/mol. The van der Waals surface area contributed by atoms with Gasteiger partial charge in [-0.3, -0.25) is 14.5 Å². The number of rotatable bonds is 5. The lowest BCUT2D eigenvalue weighted by Gasteiger charge is -2.50. The van der Waals surface area contributed by atoms with Gasteiger partial charge >= 0.3 is 6.09 Å². The van der Waals surface area contributed by atoms with Crippen LogP contribution < -0.4 is 5.32 Å². The molecule has 0 radical (unpaired) electrons. The van der Waals surface area contributed by atoms with E-state index in [4.69, 9.17) is 9.26 Å². The van der Waals surface area contributed by atoms with Crippen molar-refractivity contribution in [3.05, 3.63) is 12.2 Å². The third kappa shape index (κ3) is 4.19. The van der Waals surface area contributed by atoms with Crippen molar-refractivity contribution >= 4 is 17.9 Å². The van der Waals surface area contributed by atoms with Crippen LogP contribution in [0.3, 0.4) is 0 Å². The first kappa shape index (κ1) is 21.0. The van der Waals surface area contributed by atoms with Crippen LogP contribution in [0.5, 0.6) is 0 Å². The number of aliphatic hydroxyl groups is 1. The second-order valence-corrected chi connectivity index (χ2v) is 8.49. The number of amides is 3. The predicted octanol–water partition coefficient (Wildman–Crippen LogP) is 0.220. The molecule has 1 aromatic heterocycles. The van der Waals surface area contributed by atoms with Gasteiger partial charge in [0.15, 0.2) is 6.33 Å². The molecular formula is C18H27N5O6. The third-order valence-corrected chi connectivity index (χ3v) is 5.02. The molecule has 3 atom stereocenters. The van der Waals surface area contributed by atoms with Crippen LogP contribution in [0.2, 0.25) is 0 Å². The summed E-state index contributed by atoms with van der Waals surface area (Å²) >= 11 is 0. The highest BCUT2D eigenvalue weighted by atomic mass is 16.6. The smallest absolute Gasteiger partial charge is 0.411 e. The standard InChI is InChI=1S/C18H27N5O6/c1-11(24)13(14-19-10-20-29-14)21-12(25)8-22-9-18(15(22)26)6-5-7-23(18)16(27)28-17(2,3)4/h10-11,13,24H,5-9H2,1-4H3,(H,21,25)/t11-,13+,18?/m1/s1. The summed E-state index contributed by atoms with van der Waals surface area (Å²) in [5.74, 6) is -0.673. The summed E-state index contributed by atoms with van der Waals surface area (Å²) in [5, 5.41) is 15.9. The molecule has 3 heterocycles. The molecule has 1 spiro atoms. The number of carbonyl (C=O) groups is 3. The van der Waals surface area contributed by atoms with Gasteiger partial charge in [0.25, 0.3) is 11.8 Å². The molecule has 3 rings (SSSR count). The maximum absolute atomic E-state index is 12.9. The highest BCUT2D eigenvalue weighted by Crippen LogP contribution is 2.39. The number of likely N-dealkylation sites (tertiary alicyclic amines) is 2. The first-order valence-corrected chi connectivity index (χ1v) is 9.57. The summed E-state index contributed by atoms with van der Waals surface area (Å²) < 4.78 is 10.3. The maximum atomic E-state index is 12.9. The lowest BCUT2D eigenvalue weighted by molar-refractivity contribution is -0.162. The Morgan fingerprint density at radius 1 is 1.45 bits per heavy atom. The third-order valence-electron chi connectivity index (χ3n) is 5.02. The van der Waals surface area contributed by atoms with Gasteiger partial charge < -0.3 is 24.6 Å². The highest BCUT2D eigenvalue weighted by molar-refractivity contribution is 5.98. The molecule has 2 aliphatic rings. The number of carbonyl (C=O) groups excluding carboxylic acids is 3. The zero-order valence-corrected chi connectivity index (χ0v) is 17.0. The van der Waals surface area contributed by atoms with Gasteiger partial charge in [0.05, 0.1) is 19.2 Å². The lowest BCUT2D eigenvalue weighted by Crippen LogP contribution is -2.73. The number of hydrogen-bond donors (Lipinski definition) is 2. The Morgan fingerprint density at radius 3 is 2.72 bits per heavy atom. The molecule has 29 heavy (non-hydrogen) atoms. The molecule has 2 N–H and O–H groups in total. The molecule has 1 aromatic rings. The summed E-state index contributed by atoms with van der Waals surface area (Å²) in [7, 11) is 0. The van der Waals surface area contributed by atoms with E-state index in [0.717, 1.165) is 0 Å². The number of nitrogens with one attached hydrogen (secondary N) is 1. The topological polar surface area (TPSA) is 138 Å². The summed E-state index contributed by atoms with van der Waals surface area (Å²) in [5.41, 5.74) is -1.59. The van der Waals surface area contributed by atoms with Crippen LogP contribution in [0.4, 0.5) is 4.79 Å². The summed E-state index contributed by atoms with van der Waals surface area (Å²) in [6, 6.07) is -0.875. The molecule has 0 aromatic carbocycles. The van der Waals surface area contributed by atoms with E-state index in [9.17, 15) is 19.5 Å². The van der Waals surface area contributed by atoms with Crippen LogP contribution in [0.25, 0.3) is 0 Å². The lowest BCUT2D eigenvalue weighted by atomic mass is 9.85. The van der Waals surface area contributed by atoms with Crippen molar-refractivity contribution in [2.75, 3.05) is 19.6 Å². The zero-order valence-electron chi connectivity index (χ0n) is 17.0. The molecule has 2 aliphatic heterocycles. The van der Waals surface area contributed by atoms with Gasteiger partial charge in [-0.15, -0.1) is 0 Å². The highest BCUT2D eigenvalue weighted by Gasteiger charge is 2.60. The van der Waals surface area contributed by atoms with E-state index in [1.54, 1.807) is 20.8 Å². The van der Waals surface area contributed by atoms with Crippen LogP contribution in [0, 0.1) is 0 Å². The summed E-state index contributed by atoms with van der Waals surface area (Å²) in [4.78, 5) is 44.5. The Hall–Kier alpha value is -2.69. The SMILES string of the molecule is C[C@@H](O)[C@H](NC(=O)CN1CC2(CCCN2C(=O)OC(C)(C)C)C1=O)c1ncno1. The Balaban J connectivity index is 1.60. The Kier molecular flexibility index (Phi) is 5.52. The van der Waals surface area contributed by atoms with Gasteiger partial charge in [0, 0.05) is 6.54 Å². The van der Waals surface area contributed by atoms with Crippen molar-refractivity contribution < 1.29 is 28.8 Å². The van der Waals surface area contributed by atoms with Crippen molar-refractivity contribution in [2.45, 2.75) is 63.8 Å². The zero-order chi connectivity index (χ0) is 21.4. The Bertz CT molecular complexity index is 774. The fourth-order valence-electron chi connectivity index (χ4n) is 3.73. The minimum absolute atomic E-state index is 0.0756. The molecule has 0 bridgehead atoms. The molecule has 11 nitrogen and oxygen atoms in total. The van der Waals surface area contributed by atoms with E-state index in [1.165, 1.54) is 23.1 Å². The van der Waals surface area contributed by atoms with E-state index >= 15 is 0 Å². The van der Waals surface area contributed by atoms with Gasteiger partial charge in [-0.1, -0.05) is 5.16 Å². The Morgan fingerprint density at radius 2 is 2.17 bits per heavy atom. The second kappa shape index (κ2) is 7.62. The maximum Gasteiger partial charge on any atom is 0.411 e. The number of β-lactam (4-membered cyclic amide) rings is 1. The molecule has 0 saturated carbocycles. The van der Waals surface area contributed by atoms with Gasteiger partial charge in [-0.2, -0.15) is 4.98 Å². The second-order valence-electron chi connectivity index (χ2n) is 8.49. The van der Waals surface area contributed by atoms with E-state index in [1.807, 2.05) is 0 Å². The van der Waals surface area contributed by atoms with Crippen molar-refractivity contribution in [3.63, 3.8) is 0 Å². The van der Waals surface area contributed by atoms with Gasteiger partial charge in [-0.05, 0) is 40.5 Å². The quantitative estimate of drug-likeness (QED) is 0.659. The molecule has 0 aliphatic carbocycles. The molecule has 1 unspecified atom stereocenters. The van der Waals surface area contributed by atoms with Crippen LogP contribution in [0.1, 0.15) is 52.5 Å². The van der Waals surface area contributed by atoms with Gasteiger partial charge in [0.2, 0.25) is 5.91 Å². The fraction of sp³-hybridized carbons (Fsp3) is 0.722. The van der Waals surface area contributed by atoms with Crippen LogP contribution in [-0.2, 0) is 14.3 Å². The van der Waals surface area contributed by atoms with Crippen molar-refractivity contribution in [3.8, 4) is 0 Å². The number of aromatic nitrogens is 2. The minimum atomic E-state index is -0.963. The van der Waals surface area contributed by atoms with Crippen molar-refractivity contribution in [1.29, 1.82) is 0 Å². The van der Waals surface area contributed by atoms with Gasteiger partial charge in [0.1, 0.15) is 17.2 Å². The van der Waals surface area contributed by atoms with Crippen molar-refractivity contribution in [1.82, 2.24) is 25.3 Å². The average Bonchev–Trinajstić information content (AvgIpc) is 3.28. The van der Waals surface area contributed by atoms with E-state index in [-0.39, 0.29) is 24.9 Å². The van der Waals surface area contributed by atoms with E-state index < -0.39 is 35.3 Å². The van der Waals surface area contributed by atoms with Crippen LogP contribution in [-0.4, -0.2) is 79.8 Å². The van der Waals surface area contributed by atoms with E-state index in [0.29, 0.717) is 19.4 Å². The summed E-state index contributed by atoms with van der Waals surface area (Å²) in [6.45, 7) is 7.31. The number of ether oxygens (including phenoxy) is 1. The largest absolute Gasteiger partial charge is 0.444 e. The van der Waals surface area contributed by atoms with E-state index in [2.05, 4.69) is 15.5 Å². The molecule has 11 heteroatoms. The molecule has 2 fully saturated rings. The summed E-state index contributed by atoms with van der Waals surface area (Å²) in [6.07, 6.45) is 0.937. The monoisotopic (exact) mass is 409 g/mol. The molecular weight excluding hydrogens is 382 g/mol. The predicted molar refractivity (Wildman–Crippen MR) is 98.3 cm³/mol. The minimum Gasteiger partial charge on any atom is -0.444 e. The number of hydrogen-bond acceptors (Lipinski definition) is 8. The number of nitrogens with zero attached hydrogens (tertiary/aromatic N) is 4.